The summed E-state index contributed by atoms with van der Waals surface area (Å²) in [4.78, 5) is 6.32. The lowest BCUT2D eigenvalue weighted by Crippen LogP contribution is -2.35. The fourth-order valence-electron chi connectivity index (χ4n) is 1.80. The van der Waals surface area contributed by atoms with E-state index in [1.54, 1.807) is 12.4 Å². The lowest BCUT2D eigenvalue weighted by atomic mass is 10.1. The zero-order valence-electron chi connectivity index (χ0n) is 9.02. The van der Waals surface area contributed by atoms with Gasteiger partial charge < -0.3 is 15.4 Å². The van der Waals surface area contributed by atoms with Gasteiger partial charge in [-0.2, -0.15) is 0 Å². The zero-order chi connectivity index (χ0) is 10.7. The second kappa shape index (κ2) is 4.49. The molecule has 1 saturated heterocycles. The SMILES string of the molecule is CN1CCC(Oc2cncc(N)c2)CC1. The van der Waals surface area contributed by atoms with Gasteiger partial charge in [-0.15, -0.1) is 0 Å². The predicted molar refractivity (Wildman–Crippen MR) is 59.8 cm³/mol. The molecule has 1 aliphatic heterocycles. The van der Waals surface area contributed by atoms with E-state index in [0.29, 0.717) is 11.8 Å². The molecule has 0 saturated carbocycles. The second-order valence-corrected chi connectivity index (χ2v) is 4.07. The molecule has 1 aromatic rings. The van der Waals surface area contributed by atoms with Gasteiger partial charge in [-0.05, 0) is 19.9 Å². The van der Waals surface area contributed by atoms with Gasteiger partial charge in [0.15, 0.2) is 0 Å². The molecule has 0 amide bonds. The lowest BCUT2D eigenvalue weighted by Gasteiger charge is -2.29. The molecule has 2 heterocycles. The molecular weight excluding hydrogens is 190 g/mol. The molecular formula is C11H17N3O. The highest BCUT2D eigenvalue weighted by Crippen LogP contribution is 2.19. The lowest BCUT2D eigenvalue weighted by molar-refractivity contribution is 0.114. The molecule has 0 atom stereocenters. The number of nitrogen functional groups attached to an aromatic ring is 1. The number of anilines is 1. The maximum Gasteiger partial charge on any atom is 0.140 e. The van der Waals surface area contributed by atoms with Crippen molar-refractivity contribution in [3.05, 3.63) is 18.5 Å². The van der Waals surface area contributed by atoms with Crippen molar-refractivity contribution in [3.63, 3.8) is 0 Å². The second-order valence-electron chi connectivity index (χ2n) is 4.07. The molecule has 0 aliphatic carbocycles. The Kier molecular flexibility index (Phi) is 3.06. The van der Waals surface area contributed by atoms with Crippen molar-refractivity contribution in [1.29, 1.82) is 0 Å². The summed E-state index contributed by atoms with van der Waals surface area (Å²) in [6, 6.07) is 1.82. The Hall–Kier alpha value is -1.29. The number of piperidine rings is 1. The predicted octanol–water partition coefficient (Wildman–Crippen LogP) is 1.14. The highest BCUT2D eigenvalue weighted by atomic mass is 16.5. The average Bonchev–Trinajstić information content (AvgIpc) is 2.22. The van der Waals surface area contributed by atoms with Crippen molar-refractivity contribution in [2.75, 3.05) is 25.9 Å². The molecule has 1 aliphatic rings. The van der Waals surface area contributed by atoms with Crippen LogP contribution in [0.3, 0.4) is 0 Å². The minimum absolute atomic E-state index is 0.310. The van der Waals surface area contributed by atoms with E-state index in [2.05, 4.69) is 16.9 Å². The van der Waals surface area contributed by atoms with Gasteiger partial charge in [0, 0.05) is 19.2 Å². The third kappa shape index (κ3) is 2.83. The van der Waals surface area contributed by atoms with Crippen LogP contribution in [0.25, 0.3) is 0 Å². The third-order valence-electron chi connectivity index (χ3n) is 2.70. The van der Waals surface area contributed by atoms with Crippen molar-refractivity contribution in [2.45, 2.75) is 18.9 Å². The fraction of sp³-hybridized carbons (Fsp3) is 0.545. The van der Waals surface area contributed by atoms with Crippen molar-refractivity contribution < 1.29 is 4.74 Å². The summed E-state index contributed by atoms with van der Waals surface area (Å²) in [7, 11) is 2.14. The monoisotopic (exact) mass is 207 g/mol. The van der Waals surface area contributed by atoms with Crippen LogP contribution < -0.4 is 10.5 Å². The van der Waals surface area contributed by atoms with E-state index in [-0.39, 0.29) is 0 Å². The number of likely N-dealkylation sites (tertiary alicyclic amines) is 1. The summed E-state index contributed by atoms with van der Waals surface area (Å²) in [5, 5.41) is 0. The molecule has 2 N–H and O–H groups in total. The zero-order valence-corrected chi connectivity index (χ0v) is 9.02. The Labute approximate surface area is 90.0 Å². The van der Waals surface area contributed by atoms with Crippen LogP contribution in [0.4, 0.5) is 5.69 Å². The van der Waals surface area contributed by atoms with E-state index in [9.17, 15) is 0 Å². The summed E-state index contributed by atoms with van der Waals surface area (Å²) in [5.41, 5.74) is 6.29. The number of aromatic nitrogens is 1. The molecule has 0 bridgehead atoms. The number of ether oxygens (including phenoxy) is 1. The number of hydrogen-bond donors (Lipinski definition) is 1. The van der Waals surface area contributed by atoms with Gasteiger partial charge in [0.05, 0.1) is 18.1 Å². The Balaban J connectivity index is 1.92. The summed E-state index contributed by atoms with van der Waals surface area (Å²) in [6.07, 6.45) is 5.80. The Morgan fingerprint density at radius 3 is 2.80 bits per heavy atom. The van der Waals surface area contributed by atoms with Crippen molar-refractivity contribution >= 4 is 5.69 Å². The van der Waals surface area contributed by atoms with Gasteiger partial charge in [0.25, 0.3) is 0 Å². The number of pyridine rings is 1. The third-order valence-corrected chi connectivity index (χ3v) is 2.70. The maximum atomic E-state index is 5.82. The minimum atomic E-state index is 0.310. The molecule has 82 valence electrons. The molecule has 2 rings (SSSR count). The molecule has 0 spiro atoms. The smallest absolute Gasteiger partial charge is 0.140 e. The first-order valence-electron chi connectivity index (χ1n) is 5.30. The Morgan fingerprint density at radius 2 is 2.13 bits per heavy atom. The fourth-order valence-corrected chi connectivity index (χ4v) is 1.80. The van der Waals surface area contributed by atoms with Gasteiger partial charge in [-0.3, -0.25) is 4.98 Å². The number of hydrogen-bond acceptors (Lipinski definition) is 4. The number of nitrogens with zero attached hydrogens (tertiary/aromatic N) is 2. The van der Waals surface area contributed by atoms with Gasteiger partial charge in [0.1, 0.15) is 11.9 Å². The number of nitrogens with two attached hydrogens (primary N) is 1. The minimum Gasteiger partial charge on any atom is -0.489 e. The Morgan fingerprint density at radius 1 is 1.40 bits per heavy atom. The Bertz CT molecular complexity index is 321. The first-order valence-corrected chi connectivity index (χ1v) is 5.30. The van der Waals surface area contributed by atoms with E-state index in [1.165, 1.54) is 0 Å². The molecule has 4 nitrogen and oxygen atoms in total. The maximum absolute atomic E-state index is 5.82. The average molecular weight is 207 g/mol. The van der Waals surface area contributed by atoms with Crippen LogP contribution in [0, 0.1) is 0 Å². The van der Waals surface area contributed by atoms with E-state index in [0.717, 1.165) is 31.7 Å². The molecule has 1 aromatic heterocycles. The van der Waals surface area contributed by atoms with Crippen molar-refractivity contribution in [1.82, 2.24) is 9.88 Å². The van der Waals surface area contributed by atoms with Gasteiger partial charge >= 0.3 is 0 Å². The standard InChI is InChI=1S/C11H17N3O/c1-14-4-2-10(3-5-14)15-11-6-9(12)7-13-8-11/h6-8,10H,2-5,12H2,1H3. The topological polar surface area (TPSA) is 51.4 Å². The van der Waals surface area contributed by atoms with Crippen molar-refractivity contribution in [3.8, 4) is 5.75 Å². The van der Waals surface area contributed by atoms with Crippen LogP contribution in [0.1, 0.15) is 12.8 Å². The number of rotatable bonds is 2. The van der Waals surface area contributed by atoms with Gasteiger partial charge in [0.2, 0.25) is 0 Å². The van der Waals surface area contributed by atoms with Crippen LogP contribution in [0.15, 0.2) is 18.5 Å². The first kappa shape index (κ1) is 10.2. The van der Waals surface area contributed by atoms with Crippen molar-refractivity contribution in [2.24, 2.45) is 0 Å². The molecule has 0 aromatic carbocycles. The molecule has 4 heteroatoms. The van der Waals surface area contributed by atoms with Gasteiger partial charge in [-0.25, -0.2) is 0 Å². The summed E-state index contributed by atoms with van der Waals surface area (Å²) in [5.74, 6) is 0.782. The molecule has 15 heavy (non-hydrogen) atoms. The quantitative estimate of drug-likeness (QED) is 0.790. The highest BCUT2D eigenvalue weighted by molar-refractivity contribution is 5.40. The van der Waals surface area contributed by atoms with E-state index in [4.69, 9.17) is 10.5 Å². The van der Waals surface area contributed by atoms with Crippen LogP contribution >= 0.6 is 0 Å². The van der Waals surface area contributed by atoms with Gasteiger partial charge in [-0.1, -0.05) is 0 Å². The molecule has 0 unspecified atom stereocenters. The molecule has 0 radical (unpaired) electrons. The van der Waals surface area contributed by atoms with E-state index < -0.39 is 0 Å². The summed E-state index contributed by atoms with van der Waals surface area (Å²) >= 11 is 0. The van der Waals surface area contributed by atoms with Crippen LogP contribution in [0.5, 0.6) is 5.75 Å². The van der Waals surface area contributed by atoms with Crippen LogP contribution in [-0.2, 0) is 0 Å². The van der Waals surface area contributed by atoms with Crippen LogP contribution in [-0.4, -0.2) is 36.1 Å². The normalized spacial score (nSPS) is 19.0. The van der Waals surface area contributed by atoms with E-state index in [1.807, 2.05) is 6.07 Å². The molecule has 1 fully saturated rings. The highest BCUT2D eigenvalue weighted by Gasteiger charge is 2.17. The largest absolute Gasteiger partial charge is 0.489 e. The summed E-state index contributed by atoms with van der Waals surface area (Å²) < 4.78 is 5.82. The first-order chi connectivity index (χ1) is 7.24. The van der Waals surface area contributed by atoms with Crippen LogP contribution in [0.2, 0.25) is 0 Å². The summed E-state index contributed by atoms with van der Waals surface area (Å²) in [6.45, 7) is 2.20. The van der Waals surface area contributed by atoms with E-state index >= 15 is 0 Å².